The number of hydrogen-bond acceptors (Lipinski definition) is 3. The van der Waals surface area contributed by atoms with Gasteiger partial charge in [0.15, 0.2) is 5.82 Å². The zero-order valence-corrected chi connectivity index (χ0v) is 11.6. The molecule has 88 valence electrons. The molecule has 0 amide bonds. The maximum absolute atomic E-state index is 5.10. The minimum Gasteiger partial charge on any atom is -0.250 e. The average Bonchev–Trinajstić information content (AvgIpc) is 2.69. The molecule has 0 unspecified atom stereocenters. The van der Waals surface area contributed by atoms with Crippen molar-refractivity contribution in [3.8, 4) is 0 Å². The highest BCUT2D eigenvalue weighted by Crippen LogP contribution is 2.09. The smallest absolute Gasteiger partial charge is 0.216 e. The monoisotopic (exact) mass is 310 g/mol. The summed E-state index contributed by atoms with van der Waals surface area (Å²) in [6.07, 6.45) is 2.54. The van der Waals surface area contributed by atoms with Crippen LogP contribution in [0.15, 0.2) is 33.8 Å². The van der Waals surface area contributed by atoms with Crippen LogP contribution in [-0.2, 0) is 6.42 Å². The maximum Gasteiger partial charge on any atom is 0.216 e. The van der Waals surface area contributed by atoms with Crippen molar-refractivity contribution in [2.45, 2.75) is 13.3 Å². The molecule has 17 heavy (non-hydrogen) atoms. The minimum absolute atomic E-state index is 0.509. The average molecular weight is 311 g/mol. The summed E-state index contributed by atoms with van der Waals surface area (Å²) in [5.41, 5.74) is 1.01. The summed E-state index contributed by atoms with van der Waals surface area (Å²) in [7, 11) is 0. The molecule has 2 rings (SSSR count). The molecule has 6 heteroatoms. The van der Waals surface area contributed by atoms with Crippen molar-refractivity contribution in [3.63, 3.8) is 0 Å². The Kier molecular flexibility index (Phi) is 3.86. The third-order valence-corrected chi connectivity index (χ3v) is 3.02. The van der Waals surface area contributed by atoms with Gasteiger partial charge in [0.05, 0.1) is 6.21 Å². The predicted molar refractivity (Wildman–Crippen MR) is 73.9 cm³/mol. The number of aromatic amines is 1. The van der Waals surface area contributed by atoms with Crippen LogP contribution in [0.5, 0.6) is 0 Å². The molecule has 0 atom stereocenters. The zero-order valence-electron chi connectivity index (χ0n) is 9.22. The van der Waals surface area contributed by atoms with E-state index < -0.39 is 0 Å². The molecule has 0 bridgehead atoms. The third-order valence-electron chi connectivity index (χ3n) is 2.23. The van der Waals surface area contributed by atoms with E-state index in [4.69, 9.17) is 12.2 Å². The first-order valence-electron chi connectivity index (χ1n) is 5.17. The summed E-state index contributed by atoms with van der Waals surface area (Å²) in [4.78, 5) is 0. The molecule has 0 saturated carbocycles. The van der Waals surface area contributed by atoms with E-state index in [0.717, 1.165) is 22.3 Å². The molecule has 0 aliphatic heterocycles. The van der Waals surface area contributed by atoms with Gasteiger partial charge in [0.2, 0.25) is 4.77 Å². The molecule has 0 aliphatic carbocycles. The number of H-pyrrole nitrogens is 1. The largest absolute Gasteiger partial charge is 0.250 e. The number of aromatic nitrogens is 3. The molecule has 1 heterocycles. The SMILES string of the molecule is CCc1n[nH]c(=S)n1/N=C\c1ccc(Br)cc1. The number of halogens is 1. The van der Waals surface area contributed by atoms with Gasteiger partial charge in [-0.3, -0.25) is 5.10 Å². The number of benzene rings is 1. The van der Waals surface area contributed by atoms with Gasteiger partial charge in [-0.2, -0.15) is 14.9 Å². The predicted octanol–water partition coefficient (Wildman–Crippen LogP) is 3.15. The Hall–Kier alpha value is -1.27. The van der Waals surface area contributed by atoms with E-state index in [1.54, 1.807) is 10.9 Å². The van der Waals surface area contributed by atoms with Crippen molar-refractivity contribution >= 4 is 34.4 Å². The van der Waals surface area contributed by atoms with E-state index in [1.807, 2.05) is 31.2 Å². The summed E-state index contributed by atoms with van der Waals surface area (Å²) in [5.74, 6) is 0.823. The first-order valence-corrected chi connectivity index (χ1v) is 6.37. The van der Waals surface area contributed by atoms with E-state index >= 15 is 0 Å². The van der Waals surface area contributed by atoms with Gasteiger partial charge in [-0.25, -0.2) is 0 Å². The van der Waals surface area contributed by atoms with E-state index in [2.05, 4.69) is 31.2 Å². The van der Waals surface area contributed by atoms with E-state index in [9.17, 15) is 0 Å². The van der Waals surface area contributed by atoms with Gasteiger partial charge in [0, 0.05) is 10.9 Å². The molecule has 0 radical (unpaired) electrons. The van der Waals surface area contributed by atoms with Crippen molar-refractivity contribution in [2.75, 3.05) is 0 Å². The highest BCUT2D eigenvalue weighted by molar-refractivity contribution is 9.10. The summed E-state index contributed by atoms with van der Waals surface area (Å²) in [6.45, 7) is 2.01. The number of rotatable bonds is 3. The second-order valence-electron chi connectivity index (χ2n) is 3.41. The zero-order chi connectivity index (χ0) is 12.3. The Labute approximate surface area is 113 Å². The van der Waals surface area contributed by atoms with Gasteiger partial charge in [-0.15, -0.1) is 0 Å². The van der Waals surface area contributed by atoms with Crippen molar-refractivity contribution in [2.24, 2.45) is 5.10 Å². The van der Waals surface area contributed by atoms with Gasteiger partial charge >= 0.3 is 0 Å². The van der Waals surface area contributed by atoms with Gasteiger partial charge in [0.25, 0.3) is 0 Å². The Morgan fingerprint density at radius 1 is 1.47 bits per heavy atom. The lowest BCUT2D eigenvalue weighted by molar-refractivity contribution is 0.780. The second kappa shape index (κ2) is 5.37. The number of hydrogen-bond donors (Lipinski definition) is 1. The van der Waals surface area contributed by atoms with Crippen molar-refractivity contribution in [3.05, 3.63) is 44.9 Å². The fourth-order valence-corrected chi connectivity index (χ4v) is 1.81. The molecule has 2 aromatic rings. The van der Waals surface area contributed by atoms with Crippen LogP contribution in [0.4, 0.5) is 0 Å². The van der Waals surface area contributed by atoms with Crippen LogP contribution in [0, 0.1) is 4.77 Å². The van der Waals surface area contributed by atoms with Crippen LogP contribution in [0.3, 0.4) is 0 Å². The van der Waals surface area contributed by atoms with Crippen LogP contribution < -0.4 is 0 Å². The summed E-state index contributed by atoms with van der Waals surface area (Å²) >= 11 is 8.49. The second-order valence-corrected chi connectivity index (χ2v) is 4.71. The van der Waals surface area contributed by atoms with Crippen molar-refractivity contribution in [1.82, 2.24) is 14.9 Å². The van der Waals surface area contributed by atoms with Gasteiger partial charge in [0.1, 0.15) is 0 Å². The lowest BCUT2D eigenvalue weighted by atomic mass is 10.2. The lowest BCUT2D eigenvalue weighted by Crippen LogP contribution is -1.97. The fraction of sp³-hybridized carbons (Fsp3) is 0.182. The minimum atomic E-state index is 0.509. The molecule has 1 N–H and O–H groups in total. The Bertz CT molecular complexity index is 582. The molecule has 1 aromatic heterocycles. The van der Waals surface area contributed by atoms with Crippen molar-refractivity contribution < 1.29 is 0 Å². The standard InChI is InChI=1S/C11H11BrN4S/c1-2-10-14-15-11(17)16(10)13-7-8-3-5-9(12)6-4-8/h3-7H,2H2,1H3,(H,15,17)/b13-7-. The Morgan fingerprint density at radius 2 is 2.18 bits per heavy atom. The maximum atomic E-state index is 5.10. The third kappa shape index (κ3) is 2.89. The molecule has 0 spiro atoms. The van der Waals surface area contributed by atoms with Crippen LogP contribution >= 0.6 is 28.1 Å². The first kappa shape index (κ1) is 12.2. The number of aryl methyl sites for hydroxylation is 1. The summed E-state index contributed by atoms with van der Waals surface area (Å²) in [6, 6.07) is 7.89. The Balaban J connectivity index is 2.28. The quantitative estimate of drug-likeness (QED) is 0.699. The van der Waals surface area contributed by atoms with E-state index in [0.29, 0.717) is 4.77 Å². The topological polar surface area (TPSA) is 46.0 Å². The van der Waals surface area contributed by atoms with E-state index in [-0.39, 0.29) is 0 Å². The molecular weight excluding hydrogens is 300 g/mol. The van der Waals surface area contributed by atoms with Crippen molar-refractivity contribution in [1.29, 1.82) is 0 Å². The molecular formula is C11H11BrN4S. The number of nitrogens with zero attached hydrogens (tertiary/aromatic N) is 3. The van der Waals surface area contributed by atoms with Crippen LogP contribution in [0.25, 0.3) is 0 Å². The molecule has 0 fully saturated rings. The van der Waals surface area contributed by atoms with Crippen LogP contribution in [0.2, 0.25) is 0 Å². The van der Waals surface area contributed by atoms with Gasteiger partial charge in [-0.05, 0) is 29.9 Å². The lowest BCUT2D eigenvalue weighted by Gasteiger charge is -1.97. The van der Waals surface area contributed by atoms with Gasteiger partial charge < -0.3 is 0 Å². The van der Waals surface area contributed by atoms with E-state index in [1.165, 1.54) is 0 Å². The molecule has 0 aliphatic rings. The van der Waals surface area contributed by atoms with Crippen LogP contribution in [0.1, 0.15) is 18.3 Å². The molecule has 1 aromatic carbocycles. The summed E-state index contributed by atoms with van der Waals surface area (Å²) in [5, 5.41) is 11.1. The van der Waals surface area contributed by atoms with Gasteiger partial charge in [-0.1, -0.05) is 35.0 Å². The van der Waals surface area contributed by atoms with Crippen LogP contribution in [-0.4, -0.2) is 21.1 Å². The highest BCUT2D eigenvalue weighted by atomic mass is 79.9. The normalized spacial score (nSPS) is 11.2. The number of nitrogens with one attached hydrogen (secondary N) is 1. The highest BCUT2D eigenvalue weighted by Gasteiger charge is 2.00. The first-order chi connectivity index (χ1) is 8.20. The molecule has 4 nitrogen and oxygen atoms in total. The summed E-state index contributed by atoms with van der Waals surface area (Å²) < 4.78 is 3.19. The Morgan fingerprint density at radius 3 is 2.82 bits per heavy atom. The fourth-order valence-electron chi connectivity index (χ4n) is 1.35. The molecule has 0 saturated heterocycles.